The van der Waals surface area contributed by atoms with Crippen LogP contribution in [0.1, 0.15) is 27.0 Å². The number of aryl methyl sites for hydroxylation is 2. The molecule has 2 N–H and O–H groups in total. The highest BCUT2D eigenvalue weighted by atomic mass is 16.1. The fourth-order valence-electron chi connectivity index (χ4n) is 2.71. The molecule has 0 spiro atoms. The quantitative estimate of drug-likeness (QED) is 0.776. The second-order valence-corrected chi connectivity index (χ2v) is 6.02. The molecule has 0 atom stereocenters. The second-order valence-electron chi connectivity index (χ2n) is 6.02. The molecule has 0 unspecified atom stereocenters. The Balaban J connectivity index is 1.73. The Labute approximate surface area is 140 Å². The van der Waals surface area contributed by atoms with Crippen LogP contribution in [0.5, 0.6) is 0 Å². The van der Waals surface area contributed by atoms with E-state index in [2.05, 4.69) is 23.3 Å². The highest BCUT2D eigenvalue weighted by Gasteiger charge is 2.07. The smallest absolute Gasteiger partial charge is 0.251 e. The van der Waals surface area contributed by atoms with Gasteiger partial charge in [-0.25, -0.2) is 0 Å². The Bertz CT molecular complexity index is 943. The summed E-state index contributed by atoms with van der Waals surface area (Å²) >= 11 is 0. The minimum atomic E-state index is -0.126. The van der Waals surface area contributed by atoms with Gasteiger partial charge in [-0.3, -0.25) is 9.59 Å². The van der Waals surface area contributed by atoms with Gasteiger partial charge in [-0.2, -0.15) is 0 Å². The maximum atomic E-state index is 12.2. The van der Waals surface area contributed by atoms with Crippen LogP contribution >= 0.6 is 0 Å². The van der Waals surface area contributed by atoms with Crippen LogP contribution in [-0.2, 0) is 6.42 Å². The van der Waals surface area contributed by atoms with Crippen molar-refractivity contribution in [2.45, 2.75) is 20.3 Å². The van der Waals surface area contributed by atoms with Crippen LogP contribution in [-0.4, -0.2) is 17.4 Å². The average Bonchev–Trinajstić information content (AvgIpc) is 2.58. The van der Waals surface area contributed by atoms with Crippen molar-refractivity contribution in [1.82, 2.24) is 10.3 Å². The van der Waals surface area contributed by atoms with Crippen molar-refractivity contribution in [2.75, 3.05) is 6.54 Å². The summed E-state index contributed by atoms with van der Waals surface area (Å²) in [4.78, 5) is 27.2. The van der Waals surface area contributed by atoms with Gasteiger partial charge in [0, 0.05) is 23.2 Å². The van der Waals surface area contributed by atoms with Crippen LogP contribution < -0.4 is 10.9 Å². The van der Waals surface area contributed by atoms with E-state index >= 15 is 0 Å². The first-order valence-corrected chi connectivity index (χ1v) is 8.01. The van der Waals surface area contributed by atoms with Crippen molar-refractivity contribution >= 4 is 16.8 Å². The van der Waals surface area contributed by atoms with Crippen LogP contribution in [0.25, 0.3) is 10.9 Å². The van der Waals surface area contributed by atoms with Crippen molar-refractivity contribution in [3.8, 4) is 0 Å². The molecule has 1 heterocycles. The maximum absolute atomic E-state index is 12.2. The molecule has 0 saturated heterocycles. The summed E-state index contributed by atoms with van der Waals surface area (Å²) in [6.07, 6.45) is 0.497. The molecule has 0 aliphatic carbocycles. The third-order valence-electron chi connectivity index (χ3n) is 4.25. The number of aromatic nitrogens is 1. The number of benzene rings is 2. The normalized spacial score (nSPS) is 10.8. The number of aromatic amines is 1. The summed E-state index contributed by atoms with van der Waals surface area (Å²) in [5.41, 5.74) is 4.40. The number of hydrogen-bond donors (Lipinski definition) is 2. The van der Waals surface area contributed by atoms with Gasteiger partial charge in [0.25, 0.3) is 11.5 Å². The fourth-order valence-corrected chi connectivity index (χ4v) is 2.71. The van der Waals surface area contributed by atoms with Crippen LogP contribution in [0.4, 0.5) is 0 Å². The number of nitrogens with one attached hydrogen (secondary N) is 2. The van der Waals surface area contributed by atoms with E-state index in [1.165, 1.54) is 5.56 Å². The molecule has 24 heavy (non-hydrogen) atoms. The minimum absolute atomic E-state index is 0.0975. The van der Waals surface area contributed by atoms with E-state index in [9.17, 15) is 9.59 Å². The van der Waals surface area contributed by atoms with E-state index in [4.69, 9.17) is 0 Å². The van der Waals surface area contributed by atoms with Crippen molar-refractivity contribution in [3.05, 3.63) is 81.1 Å². The molecule has 1 aromatic heterocycles. The SMILES string of the molecule is Cc1cc2cc(CCNC(=O)c3ccccc3)c(=O)[nH]c2cc1C. The number of carbonyl (C=O) groups excluding carboxylic acids is 1. The standard InChI is InChI=1S/C20H20N2O2/c1-13-10-17-12-16(20(24)22-18(17)11-14(13)2)8-9-21-19(23)15-6-4-3-5-7-15/h3-7,10-12H,8-9H2,1-2H3,(H,21,23)(H,22,24). The number of hydrogen-bond acceptors (Lipinski definition) is 2. The Morgan fingerprint density at radius 3 is 2.50 bits per heavy atom. The first kappa shape index (κ1) is 16.0. The predicted molar refractivity (Wildman–Crippen MR) is 96.5 cm³/mol. The van der Waals surface area contributed by atoms with E-state index in [0.717, 1.165) is 16.5 Å². The number of carbonyl (C=O) groups is 1. The number of fused-ring (bicyclic) bond motifs is 1. The van der Waals surface area contributed by atoms with Crippen molar-refractivity contribution in [2.24, 2.45) is 0 Å². The third-order valence-corrected chi connectivity index (χ3v) is 4.25. The lowest BCUT2D eigenvalue weighted by Crippen LogP contribution is -2.27. The largest absolute Gasteiger partial charge is 0.352 e. The number of rotatable bonds is 4. The lowest BCUT2D eigenvalue weighted by molar-refractivity contribution is 0.0954. The molecule has 0 bridgehead atoms. The lowest BCUT2D eigenvalue weighted by Gasteiger charge is -2.08. The zero-order valence-electron chi connectivity index (χ0n) is 13.8. The van der Waals surface area contributed by atoms with Crippen molar-refractivity contribution in [1.29, 1.82) is 0 Å². The molecule has 3 rings (SSSR count). The second kappa shape index (κ2) is 6.71. The molecular weight excluding hydrogens is 300 g/mol. The van der Waals surface area contributed by atoms with Gasteiger partial charge in [-0.1, -0.05) is 18.2 Å². The van der Waals surface area contributed by atoms with Gasteiger partial charge < -0.3 is 10.3 Å². The molecule has 0 radical (unpaired) electrons. The van der Waals surface area contributed by atoms with Crippen LogP contribution in [0, 0.1) is 13.8 Å². The van der Waals surface area contributed by atoms with E-state index in [1.807, 2.05) is 37.3 Å². The summed E-state index contributed by atoms with van der Waals surface area (Å²) < 4.78 is 0. The van der Waals surface area contributed by atoms with E-state index in [1.54, 1.807) is 12.1 Å². The molecule has 122 valence electrons. The Kier molecular flexibility index (Phi) is 4.47. The van der Waals surface area contributed by atoms with E-state index in [-0.39, 0.29) is 11.5 Å². The summed E-state index contributed by atoms with van der Waals surface area (Å²) in [7, 11) is 0. The zero-order valence-corrected chi connectivity index (χ0v) is 13.8. The van der Waals surface area contributed by atoms with Crippen molar-refractivity contribution < 1.29 is 4.79 Å². The van der Waals surface area contributed by atoms with E-state index in [0.29, 0.717) is 24.1 Å². The molecule has 0 aliphatic rings. The molecule has 1 amide bonds. The highest BCUT2D eigenvalue weighted by Crippen LogP contribution is 2.17. The van der Waals surface area contributed by atoms with Gasteiger partial charge in [0.15, 0.2) is 0 Å². The molecule has 4 nitrogen and oxygen atoms in total. The Morgan fingerprint density at radius 1 is 1.04 bits per heavy atom. The molecule has 2 aromatic carbocycles. The summed E-state index contributed by atoms with van der Waals surface area (Å²) in [6, 6.07) is 15.0. The molecule has 0 aliphatic heterocycles. The van der Waals surface area contributed by atoms with Crippen molar-refractivity contribution in [3.63, 3.8) is 0 Å². The molecule has 3 aromatic rings. The maximum Gasteiger partial charge on any atom is 0.251 e. The Morgan fingerprint density at radius 2 is 1.75 bits per heavy atom. The predicted octanol–water partition coefficient (Wildman–Crippen LogP) is 3.12. The molecular formula is C20H20N2O2. The summed E-state index contributed by atoms with van der Waals surface area (Å²) in [5, 5.41) is 3.87. The van der Waals surface area contributed by atoms with Crippen LogP contribution in [0.2, 0.25) is 0 Å². The number of H-pyrrole nitrogens is 1. The van der Waals surface area contributed by atoms with Crippen LogP contribution in [0.3, 0.4) is 0 Å². The molecule has 4 heteroatoms. The van der Waals surface area contributed by atoms with E-state index < -0.39 is 0 Å². The van der Waals surface area contributed by atoms with Gasteiger partial charge in [0.05, 0.1) is 0 Å². The summed E-state index contributed by atoms with van der Waals surface area (Å²) in [6.45, 7) is 4.51. The lowest BCUT2D eigenvalue weighted by atomic mass is 10.0. The van der Waals surface area contributed by atoms with Crippen LogP contribution in [0.15, 0.2) is 53.3 Å². The van der Waals surface area contributed by atoms with Gasteiger partial charge in [-0.15, -0.1) is 0 Å². The van der Waals surface area contributed by atoms with Gasteiger partial charge >= 0.3 is 0 Å². The first-order chi connectivity index (χ1) is 11.5. The monoisotopic (exact) mass is 320 g/mol. The topological polar surface area (TPSA) is 62.0 Å². The fraction of sp³-hybridized carbons (Fsp3) is 0.200. The van der Waals surface area contributed by atoms with Gasteiger partial charge in [0.2, 0.25) is 0 Å². The highest BCUT2D eigenvalue weighted by molar-refractivity contribution is 5.94. The number of amides is 1. The first-order valence-electron chi connectivity index (χ1n) is 8.01. The average molecular weight is 320 g/mol. The Hall–Kier alpha value is -2.88. The molecule has 0 fully saturated rings. The zero-order chi connectivity index (χ0) is 17.1. The molecule has 0 saturated carbocycles. The minimum Gasteiger partial charge on any atom is -0.352 e. The van der Waals surface area contributed by atoms with Gasteiger partial charge in [-0.05, 0) is 67.1 Å². The summed E-state index contributed by atoms with van der Waals surface area (Å²) in [5.74, 6) is -0.126. The number of pyridine rings is 1. The van der Waals surface area contributed by atoms with Gasteiger partial charge in [0.1, 0.15) is 0 Å². The third kappa shape index (κ3) is 3.38.